The van der Waals surface area contributed by atoms with Crippen LogP contribution < -0.4 is 5.32 Å². The average Bonchev–Trinajstić information content (AvgIpc) is 3.12. The van der Waals surface area contributed by atoms with Crippen LogP contribution in [0.15, 0.2) is 42.5 Å². The van der Waals surface area contributed by atoms with Gasteiger partial charge in [-0.2, -0.15) is 0 Å². The number of rotatable bonds is 2. The van der Waals surface area contributed by atoms with Crippen molar-refractivity contribution in [3.05, 3.63) is 42.5 Å². The van der Waals surface area contributed by atoms with Gasteiger partial charge in [0.15, 0.2) is 0 Å². The molecule has 2 heterocycles. The molecule has 0 aromatic heterocycles. The quantitative estimate of drug-likeness (QED) is 0.915. The first-order chi connectivity index (χ1) is 12.2. The van der Waals surface area contributed by atoms with Gasteiger partial charge in [-0.05, 0) is 36.4 Å². The van der Waals surface area contributed by atoms with Crippen molar-refractivity contribution in [1.82, 2.24) is 14.7 Å². The fourth-order valence-corrected chi connectivity index (χ4v) is 3.88. The molecule has 4 rings (SSSR count). The Kier molecular flexibility index (Phi) is 4.59. The molecule has 0 bridgehead atoms. The van der Waals surface area contributed by atoms with E-state index in [-0.39, 0.29) is 6.03 Å². The van der Waals surface area contributed by atoms with Gasteiger partial charge in [-0.3, -0.25) is 4.90 Å². The first kappa shape index (κ1) is 16.4. The van der Waals surface area contributed by atoms with Gasteiger partial charge in [-0.15, -0.1) is 0 Å². The number of nitrogens with one attached hydrogen (secondary N) is 1. The Balaban J connectivity index is 1.36. The standard InChI is InChI=1S/C20H26N4O/c1-22-10-12-23(13-11-22)19-8-9-24(15-19)20(25)21-18-7-6-16-4-2-3-5-17(16)14-18/h2-7,14,19H,8-13,15H2,1H3,(H,21,25)/t19-/m0/s1. The molecule has 0 aliphatic carbocycles. The van der Waals surface area contributed by atoms with E-state index in [1.54, 1.807) is 0 Å². The molecule has 0 unspecified atom stereocenters. The first-order valence-corrected chi connectivity index (χ1v) is 9.16. The van der Waals surface area contributed by atoms with E-state index in [9.17, 15) is 4.79 Å². The topological polar surface area (TPSA) is 38.8 Å². The van der Waals surface area contributed by atoms with E-state index in [4.69, 9.17) is 0 Å². The summed E-state index contributed by atoms with van der Waals surface area (Å²) in [7, 11) is 2.18. The summed E-state index contributed by atoms with van der Waals surface area (Å²) in [6.07, 6.45) is 1.08. The number of likely N-dealkylation sites (tertiary alicyclic amines) is 1. The lowest BCUT2D eigenvalue weighted by molar-refractivity contribution is 0.115. The Bertz CT molecular complexity index is 754. The van der Waals surface area contributed by atoms with Crippen molar-refractivity contribution in [1.29, 1.82) is 0 Å². The van der Waals surface area contributed by atoms with Gasteiger partial charge >= 0.3 is 6.03 Å². The third-order valence-corrected chi connectivity index (χ3v) is 5.51. The SMILES string of the molecule is CN1CCN([C@H]2CCN(C(=O)Nc3ccc4ccccc4c3)C2)CC1. The number of likely N-dealkylation sites (N-methyl/N-ethyl adjacent to an activating group) is 1. The van der Waals surface area contributed by atoms with Crippen LogP contribution in [-0.2, 0) is 0 Å². The fraction of sp³-hybridized carbons (Fsp3) is 0.450. The number of urea groups is 1. The number of nitrogens with zero attached hydrogens (tertiary/aromatic N) is 3. The highest BCUT2D eigenvalue weighted by molar-refractivity contribution is 5.93. The highest BCUT2D eigenvalue weighted by Gasteiger charge is 2.31. The van der Waals surface area contributed by atoms with Crippen molar-refractivity contribution < 1.29 is 4.79 Å². The maximum atomic E-state index is 12.6. The van der Waals surface area contributed by atoms with E-state index in [1.165, 1.54) is 5.39 Å². The van der Waals surface area contributed by atoms with Gasteiger partial charge < -0.3 is 15.1 Å². The normalized spacial score (nSPS) is 22.4. The number of piperazine rings is 1. The summed E-state index contributed by atoms with van der Waals surface area (Å²) < 4.78 is 0. The summed E-state index contributed by atoms with van der Waals surface area (Å²) in [5.74, 6) is 0. The van der Waals surface area contributed by atoms with Crippen LogP contribution in [0.3, 0.4) is 0 Å². The molecule has 5 heteroatoms. The lowest BCUT2D eigenvalue weighted by Crippen LogP contribution is -2.50. The number of amides is 2. The number of fused-ring (bicyclic) bond motifs is 1. The third-order valence-electron chi connectivity index (χ3n) is 5.51. The van der Waals surface area contributed by atoms with Crippen molar-refractivity contribution in [2.45, 2.75) is 12.5 Å². The molecular formula is C20H26N4O. The number of anilines is 1. The van der Waals surface area contributed by atoms with Gasteiger partial charge in [0.25, 0.3) is 0 Å². The van der Waals surface area contributed by atoms with Gasteiger partial charge in [0.2, 0.25) is 0 Å². The molecular weight excluding hydrogens is 312 g/mol. The van der Waals surface area contributed by atoms with Crippen LogP contribution in [0, 0.1) is 0 Å². The van der Waals surface area contributed by atoms with E-state index in [0.29, 0.717) is 6.04 Å². The van der Waals surface area contributed by atoms with E-state index in [1.807, 2.05) is 29.2 Å². The molecule has 132 valence electrons. The Morgan fingerprint density at radius 2 is 1.76 bits per heavy atom. The summed E-state index contributed by atoms with van der Waals surface area (Å²) in [5, 5.41) is 5.41. The lowest BCUT2D eigenvalue weighted by Gasteiger charge is -2.36. The summed E-state index contributed by atoms with van der Waals surface area (Å²) in [5.41, 5.74) is 0.867. The average molecular weight is 338 g/mol. The minimum Gasteiger partial charge on any atom is -0.323 e. The zero-order valence-corrected chi connectivity index (χ0v) is 14.8. The van der Waals surface area contributed by atoms with E-state index in [2.05, 4.69) is 40.4 Å². The van der Waals surface area contributed by atoms with Crippen LogP contribution >= 0.6 is 0 Å². The Hall–Kier alpha value is -2.11. The molecule has 0 radical (unpaired) electrons. The second kappa shape index (κ2) is 7.02. The molecule has 5 nitrogen and oxygen atoms in total. The van der Waals surface area contributed by atoms with E-state index >= 15 is 0 Å². The maximum Gasteiger partial charge on any atom is 0.321 e. The summed E-state index contributed by atoms with van der Waals surface area (Å²) in [6, 6.07) is 14.8. The van der Waals surface area contributed by atoms with Gasteiger partial charge in [-0.1, -0.05) is 30.3 Å². The number of carbonyl (C=O) groups excluding carboxylic acids is 1. The Morgan fingerprint density at radius 3 is 2.56 bits per heavy atom. The number of benzene rings is 2. The summed E-state index contributed by atoms with van der Waals surface area (Å²) >= 11 is 0. The molecule has 2 saturated heterocycles. The van der Waals surface area contributed by atoms with Crippen LogP contribution in [-0.4, -0.2) is 73.1 Å². The second-order valence-corrected chi connectivity index (χ2v) is 7.22. The third kappa shape index (κ3) is 3.62. The molecule has 2 fully saturated rings. The molecule has 2 aliphatic rings. The Labute approximate surface area is 149 Å². The number of hydrogen-bond donors (Lipinski definition) is 1. The smallest absolute Gasteiger partial charge is 0.321 e. The highest BCUT2D eigenvalue weighted by atomic mass is 16.2. The minimum absolute atomic E-state index is 0.0203. The van der Waals surface area contributed by atoms with Crippen LogP contribution in [0.5, 0.6) is 0 Å². The predicted octanol–water partition coefficient (Wildman–Crippen LogP) is 2.69. The molecule has 2 aromatic rings. The molecule has 2 aromatic carbocycles. The van der Waals surface area contributed by atoms with Crippen LogP contribution in [0.2, 0.25) is 0 Å². The number of carbonyl (C=O) groups is 1. The zero-order valence-electron chi connectivity index (χ0n) is 14.8. The Morgan fingerprint density at radius 1 is 1.00 bits per heavy atom. The van der Waals surface area contributed by atoms with Crippen molar-refractivity contribution in [3.63, 3.8) is 0 Å². The van der Waals surface area contributed by atoms with E-state index in [0.717, 1.165) is 56.8 Å². The molecule has 1 atom stereocenters. The monoisotopic (exact) mass is 338 g/mol. The second-order valence-electron chi connectivity index (χ2n) is 7.22. The van der Waals surface area contributed by atoms with Gasteiger partial charge in [0.05, 0.1) is 0 Å². The molecule has 2 aliphatic heterocycles. The van der Waals surface area contributed by atoms with Gasteiger partial charge in [0, 0.05) is 51.0 Å². The molecule has 2 amide bonds. The van der Waals surface area contributed by atoms with Gasteiger partial charge in [-0.25, -0.2) is 4.79 Å². The van der Waals surface area contributed by atoms with Gasteiger partial charge in [0.1, 0.15) is 0 Å². The first-order valence-electron chi connectivity index (χ1n) is 9.16. The van der Waals surface area contributed by atoms with Crippen molar-refractivity contribution in [2.24, 2.45) is 0 Å². The molecule has 25 heavy (non-hydrogen) atoms. The van der Waals surface area contributed by atoms with Crippen LogP contribution in [0.1, 0.15) is 6.42 Å². The number of hydrogen-bond acceptors (Lipinski definition) is 3. The van der Waals surface area contributed by atoms with Crippen LogP contribution in [0.4, 0.5) is 10.5 Å². The van der Waals surface area contributed by atoms with E-state index < -0.39 is 0 Å². The van der Waals surface area contributed by atoms with Crippen LogP contribution in [0.25, 0.3) is 10.8 Å². The molecule has 0 spiro atoms. The van der Waals surface area contributed by atoms with Crippen molar-refractivity contribution in [2.75, 3.05) is 51.6 Å². The largest absolute Gasteiger partial charge is 0.323 e. The molecule has 1 N–H and O–H groups in total. The lowest BCUT2D eigenvalue weighted by atomic mass is 10.1. The molecule has 0 saturated carbocycles. The fourth-order valence-electron chi connectivity index (χ4n) is 3.88. The predicted molar refractivity (Wildman–Crippen MR) is 102 cm³/mol. The summed E-state index contributed by atoms with van der Waals surface area (Å²) in [6.45, 7) is 6.15. The summed E-state index contributed by atoms with van der Waals surface area (Å²) in [4.78, 5) is 19.5. The minimum atomic E-state index is 0.0203. The maximum absolute atomic E-state index is 12.6. The van der Waals surface area contributed by atoms with Crippen molar-refractivity contribution >= 4 is 22.5 Å². The zero-order chi connectivity index (χ0) is 17.2. The van der Waals surface area contributed by atoms with Crippen molar-refractivity contribution in [3.8, 4) is 0 Å². The highest BCUT2D eigenvalue weighted by Crippen LogP contribution is 2.21.